The van der Waals surface area contributed by atoms with Gasteiger partial charge >= 0.3 is 0 Å². The molecular weight excluding hydrogens is 511 g/mol. The second kappa shape index (κ2) is 11.7. The summed E-state index contributed by atoms with van der Waals surface area (Å²) in [5, 5.41) is 10.4. The van der Waals surface area contributed by atoms with Crippen LogP contribution in [0.25, 0.3) is 0 Å². The third kappa shape index (κ3) is 5.73. The lowest BCUT2D eigenvalue weighted by Gasteiger charge is -2.32. The molecule has 30 heavy (non-hydrogen) atoms. The van der Waals surface area contributed by atoms with Gasteiger partial charge in [0.05, 0.1) is 39.1 Å². The normalized spacial score (nSPS) is 13.8. The van der Waals surface area contributed by atoms with Crippen molar-refractivity contribution in [2.75, 3.05) is 35.3 Å². The molecule has 0 radical (unpaired) electrons. The molecule has 0 aliphatic carbocycles. The highest BCUT2D eigenvalue weighted by Crippen LogP contribution is 2.37. The molecule has 164 valence electrons. The Morgan fingerprint density at radius 1 is 1.33 bits per heavy atom. The highest BCUT2D eigenvalue weighted by Gasteiger charge is 2.27. The summed E-state index contributed by atoms with van der Waals surface area (Å²) in [7, 11) is 4.15. The van der Waals surface area contributed by atoms with Crippen LogP contribution >= 0.6 is 34.2 Å². The Bertz CT molecular complexity index is 842. The molecule has 1 amide bonds. The van der Waals surface area contributed by atoms with E-state index in [1.54, 1.807) is 3.11 Å². The Labute approximate surface area is 197 Å². The lowest BCUT2D eigenvalue weighted by atomic mass is 10.1. The van der Waals surface area contributed by atoms with Gasteiger partial charge in [-0.05, 0) is 50.5 Å². The minimum atomic E-state index is -0.00785. The molecule has 1 aliphatic heterocycles. The number of fused-ring (bicyclic) bond motifs is 1. The highest BCUT2D eigenvalue weighted by atomic mass is 127. The number of anilines is 2. The van der Waals surface area contributed by atoms with Gasteiger partial charge in [0.15, 0.2) is 12.4 Å². The number of thiophene rings is 1. The summed E-state index contributed by atoms with van der Waals surface area (Å²) in [5.41, 5.74) is 1.66. The van der Waals surface area contributed by atoms with Crippen molar-refractivity contribution < 1.29 is 9.53 Å². The Morgan fingerprint density at radius 3 is 2.67 bits per heavy atom. The third-order valence-electron chi connectivity index (χ3n) is 4.95. The topological polar surface area (TPSA) is 59.9 Å². The van der Waals surface area contributed by atoms with E-state index in [0.29, 0.717) is 24.2 Å². The van der Waals surface area contributed by atoms with Crippen LogP contribution in [0.2, 0.25) is 0 Å². The molecule has 1 unspecified atom stereocenters. The third-order valence-corrected chi connectivity index (χ3v) is 6.87. The number of benzene rings is 1. The minimum absolute atomic E-state index is 0.00785. The number of carbonyl (C=O) groups excluding carboxylic acids is 1. The maximum Gasteiger partial charge on any atom is 0.265 e. The molecule has 0 bridgehead atoms. The first-order chi connectivity index (χ1) is 14.4. The predicted octanol–water partition coefficient (Wildman–Crippen LogP) is 5.41. The van der Waals surface area contributed by atoms with E-state index in [4.69, 9.17) is 10.1 Å². The van der Waals surface area contributed by atoms with Crippen LogP contribution in [0.4, 0.5) is 11.4 Å². The summed E-state index contributed by atoms with van der Waals surface area (Å²) in [4.78, 5) is 17.4. The summed E-state index contributed by atoms with van der Waals surface area (Å²) in [6.45, 7) is 6.90. The van der Waals surface area contributed by atoms with Gasteiger partial charge in [0.2, 0.25) is 0 Å². The van der Waals surface area contributed by atoms with Crippen molar-refractivity contribution in [3.8, 4) is 5.75 Å². The van der Waals surface area contributed by atoms with Gasteiger partial charge in [0, 0.05) is 18.7 Å². The lowest BCUT2D eigenvalue weighted by Crippen LogP contribution is -2.41. The highest BCUT2D eigenvalue weighted by molar-refractivity contribution is 14.1. The maximum absolute atomic E-state index is 12.5. The number of amides is 1. The number of hydrogen-bond acceptors (Lipinski definition) is 5. The van der Waals surface area contributed by atoms with Gasteiger partial charge in [0.1, 0.15) is 5.75 Å². The Balaban J connectivity index is 0.00000155. The van der Waals surface area contributed by atoms with Crippen molar-refractivity contribution in [3.05, 3.63) is 40.6 Å². The first-order valence-corrected chi connectivity index (χ1v) is 12.1. The van der Waals surface area contributed by atoms with Gasteiger partial charge < -0.3 is 14.5 Å². The fraction of sp³-hybridized carbons (Fsp3) is 0.455. The second-order valence-electron chi connectivity index (χ2n) is 6.91. The van der Waals surface area contributed by atoms with Crippen LogP contribution in [-0.4, -0.2) is 49.9 Å². The number of nitrogens with one attached hydrogen (secondary N) is 1. The number of ether oxygens (including phenoxy) is 1. The molecule has 1 aliphatic rings. The minimum Gasteiger partial charge on any atom is -0.481 e. The van der Waals surface area contributed by atoms with E-state index in [9.17, 15) is 4.79 Å². The number of carbonyl (C=O) groups is 1. The fourth-order valence-electron chi connectivity index (χ4n) is 3.31. The largest absolute Gasteiger partial charge is 0.481 e. The lowest BCUT2D eigenvalue weighted by molar-refractivity contribution is -0.121. The molecule has 8 heteroatoms. The zero-order valence-electron chi connectivity index (χ0n) is 18.3. The van der Waals surface area contributed by atoms with E-state index < -0.39 is 0 Å². The fourth-order valence-corrected chi connectivity index (χ4v) is 4.69. The second-order valence-corrected chi connectivity index (χ2v) is 8.82. The van der Waals surface area contributed by atoms with E-state index >= 15 is 0 Å². The molecule has 3 rings (SSSR count). The van der Waals surface area contributed by atoms with Crippen LogP contribution in [0.1, 0.15) is 38.5 Å². The summed E-state index contributed by atoms with van der Waals surface area (Å²) >= 11 is 3.67. The average molecular weight is 542 g/mol. The first kappa shape index (κ1) is 24.6. The summed E-state index contributed by atoms with van der Waals surface area (Å²) in [5.74, 6) is 1.11. The molecule has 2 heterocycles. The number of hydrogen-bond donors (Lipinski definition) is 1. The average Bonchev–Trinajstić information content (AvgIpc) is 3.30. The molecule has 1 aromatic carbocycles. The quantitative estimate of drug-likeness (QED) is 0.220. The van der Waals surface area contributed by atoms with Crippen molar-refractivity contribution >= 4 is 57.3 Å². The molecule has 6 nitrogen and oxygen atoms in total. The van der Waals surface area contributed by atoms with Crippen molar-refractivity contribution in [1.82, 2.24) is 4.90 Å². The van der Waals surface area contributed by atoms with Crippen LogP contribution in [-0.2, 0) is 4.79 Å². The van der Waals surface area contributed by atoms with Crippen LogP contribution in [0.3, 0.4) is 0 Å². The van der Waals surface area contributed by atoms with E-state index in [0.717, 1.165) is 29.1 Å². The van der Waals surface area contributed by atoms with E-state index in [2.05, 4.69) is 48.8 Å². The summed E-state index contributed by atoms with van der Waals surface area (Å²) in [6.07, 6.45) is 1.96. The number of rotatable bonds is 7. The van der Waals surface area contributed by atoms with Gasteiger partial charge in [0.25, 0.3) is 5.91 Å². The van der Waals surface area contributed by atoms with Crippen LogP contribution in [0.5, 0.6) is 5.75 Å². The van der Waals surface area contributed by atoms with E-state index in [1.807, 2.05) is 54.5 Å². The zero-order valence-corrected chi connectivity index (χ0v) is 21.3. The van der Waals surface area contributed by atoms with Crippen molar-refractivity contribution in [2.24, 2.45) is 0 Å². The summed E-state index contributed by atoms with van der Waals surface area (Å²) in [6, 6.07) is 10.1. The maximum atomic E-state index is 12.5. The molecule has 2 aromatic rings. The number of halogens is 1. The molecule has 0 spiro atoms. The molecule has 0 fully saturated rings. The molecule has 1 atom stereocenters. The van der Waals surface area contributed by atoms with E-state index in [-0.39, 0.29) is 12.5 Å². The van der Waals surface area contributed by atoms with Crippen molar-refractivity contribution in [1.29, 1.82) is 5.41 Å². The number of nitrogens with zero attached hydrogens (tertiary/aromatic N) is 3. The monoisotopic (exact) mass is 542 g/mol. The van der Waals surface area contributed by atoms with Gasteiger partial charge in [-0.25, -0.2) is 0 Å². The molecule has 0 saturated carbocycles. The van der Waals surface area contributed by atoms with Gasteiger partial charge in [-0.15, -0.1) is 11.3 Å². The molecule has 1 N–H and O–H groups in total. The van der Waals surface area contributed by atoms with Gasteiger partial charge in [-0.2, -0.15) is 0 Å². The van der Waals surface area contributed by atoms with Crippen LogP contribution in [0, 0.1) is 5.41 Å². The molecule has 0 saturated heterocycles. The molecule has 1 aromatic heterocycles. The van der Waals surface area contributed by atoms with Gasteiger partial charge in [-0.1, -0.05) is 26.8 Å². The van der Waals surface area contributed by atoms with Gasteiger partial charge in [-0.3, -0.25) is 13.3 Å². The van der Waals surface area contributed by atoms with Crippen LogP contribution in [0.15, 0.2) is 35.7 Å². The Hall–Kier alpha value is -1.65. The van der Waals surface area contributed by atoms with Crippen LogP contribution < -0.4 is 12.8 Å². The SMILES string of the molecule is CC.CCC(CCN1C(=O)COc2cc(N(I)C(=N)c3cccs3)ccc21)N(C)C. The zero-order chi connectivity index (χ0) is 22.3. The van der Waals surface area contributed by atoms with Crippen molar-refractivity contribution in [3.63, 3.8) is 0 Å². The summed E-state index contributed by atoms with van der Waals surface area (Å²) < 4.78 is 7.51. The predicted molar refractivity (Wildman–Crippen MR) is 136 cm³/mol. The number of amidine groups is 1. The van der Waals surface area contributed by atoms with Crippen molar-refractivity contribution in [2.45, 2.75) is 39.7 Å². The first-order valence-electron chi connectivity index (χ1n) is 10.2. The molecular formula is C22H31IN4O2S. The Kier molecular flexibility index (Phi) is 9.57. The standard InChI is InChI=1S/C20H25IN4O2S.C2H6/c1-4-14(23(2)3)9-10-24-16-8-7-15(12-17(16)27-13-19(24)26)25(21)20(22)18-6-5-11-28-18;1-2/h5-8,11-12,14,22H,4,9-10,13H2,1-3H3;1-2H3. The smallest absolute Gasteiger partial charge is 0.265 e. The Morgan fingerprint density at radius 2 is 2.07 bits per heavy atom. The van der Waals surface area contributed by atoms with E-state index in [1.165, 1.54) is 11.3 Å².